The zero-order valence-electron chi connectivity index (χ0n) is 17.9. The van der Waals surface area contributed by atoms with E-state index in [0.717, 1.165) is 32.1 Å². The Labute approximate surface area is 179 Å². The zero-order valence-corrected chi connectivity index (χ0v) is 18.6. The van der Waals surface area contributed by atoms with Gasteiger partial charge in [0.2, 0.25) is 4.87 Å². The third kappa shape index (κ3) is 2.55. The van der Waals surface area contributed by atoms with Crippen LogP contribution in [0.2, 0.25) is 0 Å². The molecule has 0 amide bonds. The van der Waals surface area contributed by atoms with Crippen LogP contribution >= 0.6 is 11.6 Å². The van der Waals surface area contributed by atoms with Gasteiger partial charge in [-0.3, -0.25) is 4.79 Å². The highest BCUT2D eigenvalue weighted by Gasteiger charge is 2.70. The predicted molar refractivity (Wildman–Crippen MR) is 111 cm³/mol. The average Bonchev–Trinajstić information content (AvgIpc) is 2.69. The molecule has 5 heteroatoms. The number of nitriles is 1. The van der Waals surface area contributed by atoms with Gasteiger partial charge in [-0.15, -0.1) is 0 Å². The Morgan fingerprint density at radius 1 is 1.14 bits per heavy atom. The van der Waals surface area contributed by atoms with Crippen LogP contribution in [0, 0.1) is 45.3 Å². The van der Waals surface area contributed by atoms with E-state index in [-0.39, 0.29) is 34.9 Å². The second-order valence-corrected chi connectivity index (χ2v) is 11.2. The molecule has 0 N–H and O–H groups in total. The number of esters is 1. The molecule has 29 heavy (non-hydrogen) atoms. The van der Waals surface area contributed by atoms with E-state index >= 15 is 0 Å². The number of ether oxygens (including phenoxy) is 1. The minimum atomic E-state index is -1.61. The van der Waals surface area contributed by atoms with E-state index in [2.05, 4.69) is 26.5 Å². The van der Waals surface area contributed by atoms with Gasteiger partial charge < -0.3 is 4.74 Å². The number of rotatable bonds is 1. The smallest absolute Gasteiger partial charge is 0.334 e. The zero-order chi connectivity index (χ0) is 21.2. The molecule has 0 spiro atoms. The van der Waals surface area contributed by atoms with Crippen molar-refractivity contribution in [3.63, 3.8) is 0 Å². The lowest BCUT2D eigenvalue weighted by atomic mass is 9.36. The van der Waals surface area contributed by atoms with Gasteiger partial charge in [-0.1, -0.05) is 37.6 Å². The summed E-state index contributed by atoms with van der Waals surface area (Å²) in [5.74, 6) is -0.631. The second-order valence-electron chi connectivity index (χ2n) is 10.6. The van der Waals surface area contributed by atoms with Crippen LogP contribution < -0.4 is 0 Å². The fourth-order valence-electron chi connectivity index (χ4n) is 8.20. The summed E-state index contributed by atoms with van der Waals surface area (Å²) in [6.07, 6.45) is 7.34. The van der Waals surface area contributed by atoms with Crippen LogP contribution in [0.15, 0.2) is 12.2 Å². The average molecular weight is 418 g/mol. The first-order valence-electron chi connectivity index (χ1n) is 11.0. The van der Waals surface area contributed by atoms with Crippen LogP contribution in [0.25, 0.3) is 0 Å². The lowest BCUT2D eigenvalue weighted by Crippen LogP contribution is -2.66. The Morgan fingerprint density at radius 3 is 2.48 bits per heavy atom. The lowest BCUT2D eigenvalue weighted by Gasteiger charge is -2.66. The lowest BCUT2D eigenvalue weighted by molar-refractivity contribution is -0.178. The van der Waals surface area contributed by atoms with E-state index in [1.54, 1.807) is 0 Å². The van der Waals surface area contributed by atoms with Gasteiger partial charge in [0.25, 0.3) is 0 Å². The molecular weight excluding hydrogens is 386 g/mol. The number of allylic oxidation sites excluding steroid dienone is 1. The van der Waals surface area contributed by atoms with Crippen molar-refractivity contribution in [3.05, 3.63) is 12.2 Å². The number of nitrogens with zero attached hydrogens (tertiary/aromatic N) is 1. The summed E-state index contributed by atoms with van der Waals surface area (Å²) in [5, 5.41) is 10.6. The largest absolute Gasteiger partial charge is 0.467 e. The van der Waals surface area contributed by atoms with E-state index in [0.29, 0.717) is 25.2 Å². The number of ketones is 1. The van der Waals surface area contributed by atoms with Crippen LogP contribution in [0.3, 0.4) is 0 Å². The highest BCUT2D eigenvalue weighted by atomic mass is 35.5. The Bertz CT molecular complexity index is 807. The monoisotopic (exact) mass is 417 g/mol. The fourth-order valence-corrected chi connectivity index (χ4v) is 8.73. The maximum atomic E-state index is 12.8. The second kappa shape index (κ2) is 6.58. The molecule has 0 bridgehead atoms. The number of carbonyl (C=O) groups excluding carboxylic acids is 2. The van der Waals surface area contributed by atoms with Gasteiger partial charge in [0.05, 0.1) is 18.6 Å². The molecule has 4 aliphatic carbocycles. The molecule has 7 atom stereocenters. The first kappa shape index (κ1) is 20.9. The third-order valence-electron chi connectivity index (χ3n) is 9.44. The number of methoxy groups -OCH3 is 1. The summed E-state index contributed by atoms with van der Waals surface area (Å²) in [4.78, 5) is 23.9. The molecule has 4 rings (SSSR count). The first-order valence-corrected chi connectivity index (χ1v) is 11.3. The summed E-state index contributed by atoms with van der Waals surface area (Å²) in [7, 11) is 1.30. The van der Waals surface area contributed by atoms with E-state index in [4.69, 9.17) is 16.3 Å². The minimum Gasteiger partial charge on any atom is -0.467 e. The number of Topliss-reactive ketones (excluding diaryl/α,β-unsaturated/α-hetero) is 1. The standard InChI is InChI=1S/C24H32ClNO3/c1-15-5-6-16-21(2,13-15)10-7-17-22(3)11-9-19(27)24(25,20(28)29-4)18(22)8-12-23(16,17)14-26/h16-18H,1,5-13H2,2-4H3/t16-,17-,18-,21-,22-,23-,24+/m1/s1. The van der Waals surface area contributed by atoms with Crippen molar-refractivity contribution < 1.29 is 14.3 Å². The predicted octanol–water partition coefficient (Wildman–Crippen LogP) is 5.20. The van der Waals surface area contributed by atoms with Gasteiger partial charge in [-0.05, 0) is 74.0 Å². The minimum absolute atomic E-state index is 0.121. The molecule has 158 valence electrons. The summed E-state index contributed by atoms with van der Waals surface area (Å²) in [5.41, 5.74) is 0.709. The van der Waals surface area contributed by atoms with E-state index in [1.807, 2.05) is 0 Å². The van der Waals surface area contributed by atoms with Crippen molar-refractivity contribution in [3.8, 4) is 6.07 Å². The highest BCUT2D eigenvalue weighted by molar-refractivity contribution is 6.46. The van der Waals surface area contributed by atoms with Gasteiger partial charge in [-0.2, -0.15) is 5.26 Å². The van der Waals surface area contributed by atoms with Crippen molar-refractivity contribution in [1.29, 1.82) is 5.26 Å². The SMILES string of the molecule is C=C1CC[C@@H]2[C@](C)(CC[C@@H]3[C@@]4(C)CCC(=O)[C@](Cl)(C(=O)OC)[C@@H]4CC[C@@]23C#N)C1. The third-order valence-corrected chi connectivity index (χ3v) is 10.1. The van der Waals surface area contributed by atoms with Gasteiger partial charge in [-0.25, -0.2) is 4.79 Å². The summed E-state index contributed by atoms with van der Waals surface area (Å²) in [6.45, 7) is 8.78. The maximum Gasteiger partial charge on any atom is 0.334 e. The van der Waals surface area contributed by atoms with Crippen molar-refractivity contribution in [1.82, 2.24) is 0 Å². The Kier molecular flexibility index (Phi) is 4.74. The number of halogens is 1. The molecule has 0 radical (unpaired) electrons. The quantitative estimate of drug-likeness (QED) is 0.254. The number of hydrogen-bond donors (Lipinski definition) is 0. The summed E-state index contributed by atoms with van der Waals surface area (Å²) >= 11 is 6.82. The summed E-state index contributed by atoms with van der Waals surface area (Å²) < 4.78 is 4.99. The molecule has 0 heterocycles. The number of hydrogen-bond acceptors (Lipinski definition) is 4. The molecule has 0 unspecified atom stereocenters. The van der Waals surface area contributed by atoms with Crippen LogP contribution in [0.1, 0.15) is 71.6 Å². The molecule has 0 aromatic carbocycles. The molecule has 4 aliphatic rings. The first-order chi connectivity index (χ1) is 13.6. The van der Waals surface area contributed by atoms with Crippen molar-refractivity contribution in [2.75, 3.05) is 7.11 Å². The number of fused-ring (bicyclic) bond motifs is 5. The van der Waals surface area contributed by atoms with E-state index in [1.165, 1.54) is 12.7 Å². The molecular formula is C24H32ClNO3. The van der Waals surface area contributed by atoms with Crippen LogP contribution in [-0.4, -0.2) is 23.7 Å². The normalized spacial score (nSPS) is 49.3. The maximum absolute atomic E-state index is 12.8. The van der Waals surface area contributed by atoms with Gasteiger partial charge >= 0.3 is 5.97 Å². The topological polar surface area (TPSA) is 67.2 Å². The van der Waals surface area contributed by atoms with Gasteiger partial charge in [0, 0.05) is 12.3 Å². The van der Waals surface area contributed by atoms with Crippen LogP contribution in [0.4, 0.5) is 0 Å². The highest BCUT2D eigenvalue weighted by Crippen LogP contribution is 2.72. The molecule has 4 fully saturated rings. The van der Waals surface area contributed by atoms with Crippen molar-refractivity contribution in [2.45, 2.75) is 76.5 Å². The molecule has 0 aliphatic heterocycles. The van der Waals surface area contributed by atoms with E-state index < -0.39 is 16.3 Å². The van der Waals surface area contributed by atoms with Crippen molar-refractivity contribution >= 4 is 23.4 Å². The van der Waals surface area contributed by atoms with Gasteiger partial charge in [0.15, 0.2) is 5.78 Å². The molecule has 0 aromatic rings. The van der Waals surface area contributed by atoms with Crippen molar-refractivity contribution in [2.24, 2.45) is 34.0 Å². The van der Waals surface area contributed by atoms with Gasteiger partial charge in [0.1, 0.15) is 0 Å². The van der Waals surface area contributed by atoms with Crippen LogP contribution in [0.5, 0.6) is 0 Å². The molecule has 4 saturated carbocycles. The fraction of sp³-hybridized carbons (Fsp3) is 0.792. The van der Waals surface area contributed by atoms with E-state index in [9.17, 15) is 14.9 Å². The molecule has 4 nitrogen and oxygen atoms in total. The Balaban J connectivity index is 1.79. The molecule has 0 saturated heterocycles. The number of carbonyl (C=O) groups is 2. The van der Waals surface area contributed by atoms with Crippen LogP contribution in [-0.2, 0) is 14.3 Å². The Morgan fingerprint density at radius 2 is 1.83 bits per heavy atom. The number of alkyl halides is 1. The Hall–Kier alpha value is -1.34. The summed E-state index contributed by atoms with van der Waals surface area (Å²) in [6, 6.07) is 2.82. The molecule has 0 aromatic heterocycles.